The number of sulfonamides is 1. The fourth-order valence-corrected chi connectivity index (χ4v) is 3.71. The predicted octanol–water partition coefficient (Wildman–Crippen LogP) is 3.21. The van der Waals surface area contributed by atoms with Crippen molar-refractivity contribution in [2.75, 3.05) is 4.72 Å². The van der Waals surface area contributed by atoms with Gasteiger partial charge in [0.15, 0.2) is 0 Å². The lowest BCUT2D eigenvalue weighted by Crippen LogP contribution is -2.11. The molecular weight excluding hydrogens is 311 g/mol. The van der Waals surface area contributed by atoms with E-state index < -0.39 is 15.8 Å². The van der Waals surface area contributed by atoms with Crippen LogP contribution in [0, 0.1) is 17.1 Å². The van der Waals surface area contributed by atoms with E-state index in [1.165, 1.54) is 18.2 Å². The maximum Gasteiger partial charge on any atom is 0.271 e. The molecule has 8 heteroatoms. The SMILES string of the molecule is N#Cc1ccc(S(=O)(=O)Nc2cc(F)cc(Cl)c2)s1. The number of anilines is 1. The first-order valence-electron chi connectivity index (χ1n) is 4.89. The number of rotatable bonds is 3. The topological polar surface area (TPSA) is 70.0 Å². The second-order valence-electron chi connectivity index (χ2n) is 3.49. The molecular formula is C11H6ClFN2O2S2. The van der Waals surface area contributed by atoms with Crippen molar-refractivity contribution in [3.05, 3.63) is 46.0 Å². The highest BCUT2D eigenvalue weighted by molar-refractivity contribution is 7.94. The first-order valence-corrected chi connectivity index (χ1v) is 7.57. The molecule has 0 radical (unpaired) electrons. The van der Waals surface area contributed by atoms with Crippen LogP contribution in [-0.4, -0.2) is 8.42 Å². The van der Waals surface area contributed by atoms with Crippen LogP contribution in [0.25, 0.3) is 0 Å². The summed E-state index contributed by atoms with van der Waals surface area (Å²) < 4.78 is 39.2. The summed E-state index contributed by atoms with van der Waals surface area (Å²) in [6.45, 7) is 0. The van der Waals surface area contributed by atoms with Gasteiger partial charge in [-0.25, -0.2) is 12.8 Å². The maximum absolute atomic E-state index is 13.1. The van der Waals surface area contributed by atoms with Crippen molar-refractivity contribution in [1.82, 2.24) is 0 Å². The molecule has 98 valence electrons. The first-order chi connectivity index (χ1) is 8.90. The quantitative estimate of drug-likeness (QED) is 0.945. The molecule has 1 N–H and O–H groups in total. The Morgan fingerprint density at radius 2 is 2.05 bits per heavy atom. The van der Waals surface area contributed by atoms with Gasteiger partial charge < -0.3 is 0 Å². The van der Waals surface area contributed by atoms with E-state index in [0.29, 0.717) is 0 Å². The summed E-state index contributed by atoms with van der Waals surface area (Å²) in [6.07, 6.45) is 0. The van der Waals surface area contributed by atoms with E-state index in [9.17, 15) is 12.8 Å². The third kappa shape index (κ3) is 3.23. The van der Waals surface area contributed by atoms with E-state index in [2.05, 4.69) is 4.72 Å². The van der Waals surface area contributed by atoms with Gasteiger partial charge in [-0.1, -0.05) is 11.6 Å². The lowest BCUT2D eigenvalue weighted by molar-refractivity contribution is 0.603. The number of hydrogen-bond donors (Lipinski definition) is 1. The second kappa shape index (κ2) is 5.17. The van der Waals surface area contributed by atoms with Gasteiger partial charge >= 0.3 is 0 Å². The molecule has 0 saturated heterocycles. The first kappa shape index (κ1) is 13.8. The molecule has 1 aromatic heterocycles. The highest BCUT2D eigenvalue weighted by Gasteiger charge is 2.17. The Kier molecular flexibility index (Phi) is 3.75. The standard InChI is InChI=1S/C11H6ClFN2O2S2/c12-7-3-8(13)5-9(4-7)15-19(16,17)11-2-1-10(6-14)18-11/h1-5,15H. The molecule has 0 saturated carbocycles. The van der Waals surface area contributed by atoms with Crippen LogP contribution in [0.1, 0.15) is 4.88 Å². The van der Waals surface area contributed by atoms with E-state index in [4.69, 9.17) is 16.9 Å². The average Bonchev–Trinajstić information content (AvgIpc) is 2.75. The molecule has 1 heterocycles. The van der Waals surface area contributed by atoms with Crippen LogP contribution in [0.2, 0.25) is 5.02 Å². The lowest BCUT2D eigenvalue weighted by atomic mass is 10.3. The number of benzene rings is 1. The summed E-state index contributed by atoms with van der Waals surface area (Å²) in [5, 5.41) is 8.74. The fourth-order valence-electron chi connectivity index (χ4n) is 1.34. The van der Waals surface area contributed by atoms with Crippen LogP contribution in [0.5, 0.6) is 0 Å². The Labute approximate surface area is 118 Å². The smallest absolute Gasteiger partial charge is 0.271 e. The van der Waals surface area contributed by atoms with Crippen molar-refractivity contribution in [3.8, 4) is 6.07 Å². The monoisotopic (exact) mass is 316 g/mol. The van der Waals surface area contributed by atoms with Gasteiger partial charge in [0.2, 0.25) is 0 Å². The van der Waals surface area contributed by atoms with Gasteiger partial charge in [-0.2, -0.15) is 5.26 Å². The van der Waals surface area contributed by atoms with Gasteiger partial charge in [0, 0.05) is 5.02 Å². The fraction of sp³-hybridized carbons (Fsp3) is 0. The minimum atomic E-state index is -3.84. The highest BCUT2D eigenvalue weighted by Crippen LogP contribution is 2.25. The Balaban J connectivity index is 2.33. The van der Waals surface area contributed by atoms with Crippen molar-refractivity contribution < 1.29 is 12.8 Å². The number of thiophene rings is 1. The molecule has 1 aromatic carbocycles. The molecule has 0 unspecified atom stereocenters. The van der Waals surface area contributed by atoms with Gasteiger partial charge in [0.1, 0.15) is 21.0 Å². The zero-order valence-corrected chi connectivity index (χ0v) is 11.6. The number of hydrogen-bond acceptors (Lipinski definition) is 4. The van der Waals surface area contributed by atoms with E-state index >= 15 is 0 Å². The lowest BCUT2D eigenvalue weighted by Gasteiger charge is -2.06. The van der Waals surface area contributed by atoms with Crippen LogP contribution in [0.4, 0.5) is 10.1 Å². The van der Waals surface area contributed by atoms with Crippen LogP contribution >= 0.6 is 22.9 Å². The molecule has 0 bridgehead atoms. The van der Waals surface area contributed by atoms with Crippen LogP contribution < -0.4 is 4.72 Å². The summed E-state index contributed by atoms with van der Waals surface area (Å²) in [7, 11) is -3.84. The molecule has 4 nitrogen and oxygen atoms in total. The van der Waals surface area contributed by atoms with E-state index in [0.717, 1.165) is 23.5 Å². The van der Waals surface area contributed by atoms with Crippen LogP contribution in [0.15, 0.2) is 34.5 Å². The molecule has 0 spiro atoms. The minimum Gasteiger partial charge on any atom is -0.279 e. The highest BCUT2D eigenvalue weighted by atomic mass is 35.5. The molecule has 19 heavy (non-hydrogen) atoms. The zero-order valence-electron chi connectivity index (χ0n) is 9.22. The largest absolute Gasteiger partial charge is 0.279 e. The molecule has 0 fully saturated rings. The van der Waals surface area contributed by atoms with Gasteiger partial charge in [-0.15, -0.1) is 11.3 Å². The number of nitriles is 1. The van der Waals surface area contributed by atoms with Crippen molar-refractivity contribution >= 4 is 38.6 Å². The Hall–Kier alpha value is -1.62. The molecule has 0 amide bonds. The van der Waals surface area contributed by atoms with Gasteiger partial charge in [0.05, 0.1) is 5.69 Å². The van der Waals surface area contributed by atoms with E-state index in [1.54, 1.807) is 0 Å². The molecule has 0 aliphatic heterocycles. The normalized spacial score (nSPS) is 11.0. The Bertz CT molecular complexity index is 745. The third-order valence-corrected chi connectivity index (χ3v) is 5.15. The molecule has 0 aliphatic carbocycles. The van der Waals surface area contributed by atoms with Gasteiger partial charge in [-0.05, 0) is 30.3 Å². The number of halogens is 2. The summed E-state index contributed by atoms with van der Waals surface area (Å²) in [5.41, 5.74) is 0.0249. The zero-order chi connectivity index (χ0) is 14.0. The molecule has 0 atom stereocenters. The number of nitrogens with one attached hydrogen (secondary N) is 1. The average molecular weight is 317 g/mol. The van der Waals surface area contributed by atoms with Crippen LogP contribution in [0.3, 0.4) is 0 Å². The van der Waals surface area contributed by atoms with Crippen molar-refractivity contribution in [3.63, 3.8) is 0 Å². The summed E-state index contributed by atoms with van der Waals surface area (Å²) in [6, 6.07) is 7.94. The van der Waals surface area contributed by atoms with Crippen molar-refractivity contribution in [2.24, 2.45) is 0 Å². The summed E-state index contributed by atoms with van der Waals surface area (Å²) >= 11 is 6.47. The molecule has 0 aliphatic rings. The summed E-state index contributed by atoms with van der Waals surface area (Å²) in [4.78, 5) is 0.276. The summed E-state index contributed by atoms with van der Waals surface area (Å²) in [5.74, 6) is -0.644. The van der Waals surface area contributed by atoms with Gasteiger partial charge in [-0.3, -0.25) is 4.72 Å². The van der Waals surface area contributed by atoms with Crippen LogP contribution in [-0.2, 0) is 10.0 Å². The Morgan fingerprint density at radius 1 is 1.32 bits per heavy atom. The predicted molar refractivity (Wildman–Crippen MR) is 71.3 cm³/mol. The maximum atomic E-state index is 13.1. The molecule has 2 rings (SSSR count). The van der Waals surface area contributed by atoms with E-state index in [-0.39, 0.29) is 19.8 Å². The Morgan fingerprint density at radius 3 is 2.63 bits per heavy atom. The third-order valence-electron chi connectivity index (χ3n) is 2.07. The second-order valence-corrected chi connectivity index (χ2v) is 6.92. The van der Waals surface area contributed by atoms with Crippen molar-refractivity contribution in [2.45, 2.75) is 4.21 Å². The van der Waals surface area contributed by atoms with Crippen molar-refractivity contribution in [1.29, 1.82) is 5.26 Å². The minimum absolute atomic E-state index is 0.0237. The number of nitrogens with zero attached hydrogens (tertiary/aromatic N) is 1. The van der Waals surface area contributed by atoms with Gasteiger partial charge in [0.25, 0.3) is 10.0 Å². The van der Waals surface area contributed by atoms with E-state index in [1.807, 2.05) is 6.07 Å². The molecule has 2 aromatic rings.